The number of ether oxygens (including phenoxy) is 1. The van der Waals surface area contributed by atoms with E-state index in [0.29, 0.717) is 0 Å². The van der Waals surface area contributed by atoms with Gasteiger partial charge in [0, 0.05) is 11.1 Å². The van der Waals surface area contributed by atoms with Gasteiger partial charge in [0.25, 0.3) is 6.43 Å². The zero-order chi connectivity index (χ0) is 13.9. The lowest BCUT2D eigenvalue weighted by atomic mass is 10.0. The number of carbonyl (C=O) groups excluding carboxylic acids is 1. The van der Waals surface area contributed by atoms with Gasteiger partial charge in [0.05, 0.1) is 0 Å². The van der Waals surface area contributed by atoms with E-state index in [1.807, 2.05) is 0 Å². The summed E-state index contributed by atoms with van der Waals surface area (Å²) in [5.41, 5.74) is -0.610. The van der Waals surface area contributed by atoms with E-state index in [2.05, 4.69) is 4.74 Å². The van der Waals surface area contributed by atoms with Gasteiger partial charge in [-0.15, -0.1) is 11.6 Å². The summed E-state index contributed by atoms with van der Waals surface area (Å²) in [6, 6.07) is 2.78. The maximum Gasteiger partial charge on any atom is 0.387 e. The number of rotatable bonds is 5. The minimum atomic E-state index is -3.13. The normalized spacial score (nSPS) is 12.9. The quantitative estimate of drug-likeness (QED) is 0.601. The highest BCUT2D eigenvalue weighted by molar-refractivity contribution is 6.31. The van der Waals surface area contributed by atoms with Crippen molar-refractivity contribution in [3.05, 3.63) is 29.3 Å². The molecule has 0 N–H and O–H groups in total. The van der Waals surface area contributed by atoms with Gasteiger partial charge in [-0.1, -0.05) is 0 Å². The molecule has 0 amide bonds. The van der Waals surface area contributed by atoms with Crippen LogP contribution in [0.2, 0.25) is 0 Å². The fraction of sp³-hybridized carbons (Fsp3) is 0.364. The molecule has 0 aliphatic heterocycles. The number of halogens is 5. The van der Waals surface area contributed by atoms with Crippen molar-refractivity contribution in [2.45, 2.75) is 25.3 Å². The maximum absolute atomic E-state index is 12.5. The SMILES string of the molecule is CC(=O)C(Cl)c1cc(C(F)F)ccc1OC(F)F. The lowest BCUT2D eigenvalue weighted by Crippen LogP contribution is -2.09. The molecule has 0 saturated heterocycles. The minimum Gasteiger partial charge on any atom is -0.434 e. The topological polar surface area (TPSA) is 26.3 Å². The summed E-state index contributed by atoms with van der Waals surface area (Å²) in [5.74, 6) is -0.938. The van der Waals surface area contributed by atoms with Crippen LogP contribution in [0.15, 0.2) is 18.2 Å². The monoisotopic (exact) mass is 284 g/mol. The first-order valence-corrected chi connectivity index (χ1v) is 5.28. The van der Waals surface area contributed by atoms with E-state index in [4.69, 9.17) is 11.6 Å². The molecule has 0 bridgehead atoms. The number of alkyl halides is 5. The van der Waals surface area contributed by atoms with Crippen LogP contribution in [0.3, 0.4) is 0 Å². The third-order valence-corrected chi connectivity index (χ3v) is 2.67. The summed E-state index contributed by atoms with van der Waals surface area (Å²) in [7, 11) is 0. The zero-order valence-electron chi connectivity index (χ0n) is 9.17. The van der Waals surface area contributed by atoms with Gasteiger partial charge in [-0.05, 0) is 25.1 Å². The molecule has 1 aromatic carbocycles. The molecular formula is C11H9ClF4O2. The van der Waals surface area contributed by atoms with Crippen molar-refractivity contribution in [2.75, 3.05) is 0 Å². The molecule has 0 fully saturated rings. The van der Waals surface area contributed by atoms with Crippen molar-refractivity contribution in [3.63, 3.8) is 0 Å². The second-order valence-corrected chi connectivity index (χ2v) is 3.89. The molecule has 0 saturated carbocycles. The summed E-state index contributed by atoms with van der Waals surface area (Å²) < 4.78 is 53.4. The Hall–Kier alpha value is -1.30. The van der Waals surface area contributed by atoms with E-state index in [1.54, 1.807) is 0 Å². The molecule has 7 heteroatoms. The van der Waals surface area contributed by atoms with Gasteiger partial charge in [-0.2, -0.15) is 8.78 Å². The van der Waals surface area contributed by atoms with Crippen LogP contribution in [0.4, 0.5) is 17.6 Å². The Bertz CT molecular complexity index is 437. The van der Waals surface area contributed by atoms with Gasteiger partial charge in [-0.25, -0.2) is 8.78 Å². The molecule has 0 spiro atoms. The first-order valence-electron chi connectivity index (χ1n) is 4.84. The second kappa shape index (κ2) is 6.04. The Kier molecular flexibility index (Phi) is 4.95. The minimum absolute atomic E-state index is 0.192. The fourth-order valence-electron chi connectivity index (χ4n) is 1.32. The van der Waals surface area contributed by atoms with Crippen LogP contribution in [0.1, 0.15) is 29.9 Å². The number of benzene rings is 1. The zero-order valence-corrected chi connectivity index (χ0v) is 9.93. The van der Waals surface area contributed by atoms with E-state index in [9.17, 15) is 22.4 Å². The largest absolute Gasteiger partial charge is 0.434 e. The highest BCUT2D eigenvalue weighted by atomic mass is 35.5. The van der Waals surface area contributed by atoms with Crippen molar-refractivity contribution in [1.82, 2.24) is 0 Å². The fourth-order valence-corrected chi connectivity index (χ4v) is 1.49. The summed E-state index contributed by atoms with van der Waals surface area (Å²) in [4.78, 5) is 11.1. The maximum atomic E-state index is 12.5. The Labute approximate surface area is 105 Å². The van der Waals surface area contributed by atoms with Crippen LogP contribution in [-0.2, 0) is 4.79 Å². The van der Waals surface area contributed by atoms with E-state index >= 15 is 0 Å². The molecule has 0 radical (unpaired) electrons. The van der Waals surface area contributed by atoms with E-state index in [0.717, 1.165) is 25.1 Å². The predicted octanol–water partition coefficient (Wildman–Crippen LogP) is 4.09. The van der Waals surface area contributed by atoms with Gasteiger partial charge in [0.2, 0.25) is 0 Å². The van der Waals surface area contributed by atoms with Crippen molar-refractivity contribution >= 4 is 17.4 Å². The molecule has 0 aromatic heterocycles. The van der Waals surface area contributed by atoms with Crippen LogP contribution in [0.5, 0.6) is 5.75 Å². The second-order valence-electron chi connectivity index (χ2n) is 3.45. The van der Waals surface area contributed by atoms with Gasteiger partial charge in [0.15, 0.2) is 5.78 Å². The van der Waals surface area contributed by atoms with E-state index in [-0.39, 0.29) is 11.3 Å². The van der Waals surface area contributed by atoms with Crippen LogP contribution in [-0.4, -0.2) is 12.4 Å². The summed E-state index contributed by atoms with van der Waals surface area (Å²) >= 11 is 5.69. The molecule has 1 unspecified atom stereocenters. The molecule has 0 aliphatic carbocycles. The first-order chi connectivity index (χ1) is 8.32. The van der Waals surface area contributed by atoms with Gasteiger partial charge in [0.1, 0.15) is 11.1 Å². The highest BCUT2D eigenvalue weighted by Crippen LogP contribution is 2.34. The van der Waals surface area contributed by atoms with Crippen molar-refractivity contribution in [1.29, 1.82) is 0 Å². The average molecular weight is 285 g/mol. The van der Waals surface area contributed by atoms with E-state index in [1.165, 1.54) is 0 Å². The third-order valence-electron chi connectivity index (χ3n) is 2.13. The molecule has 1 rings (SSSR count). The number of hydrogen-bond acceptors (Lipinski definition) is 2. The van der Waals surface area contributed by atoms with Gasteiger partial charge < -0.3 is 4.74 Å². The molecule has 2 nitrogen and oxygen atoms in total. The molecule has 100 valence electrons. The molecule has 1 atom stereocenters. The van der Waals surface area contributed by atoms with Crippen molar-refractivity contribution in [2.24, 2.45) is 0 Å². The Morgan fingerprint density at radius 1 is 1.28 bits per heavy atom. The Balaban J connectivity index is 3.21. The van der Waals surface area contributed by atoms with E-state index < -0.39 is 29.8 Å². The van der Waals surface area contributed by atoms with Crippen LogP contribution >= 0.6 is 11.6 Å². The van der Waals surface area contributed by atoms with Crippen molar-refractivity contribution < 1.29 is 27.1 Å². The molecular weight excluding hydrogens is 276 g/mol. The standard InChI is InChI=1S/C11H9ClF4O2/c1-5(17)9(12)7-4-6(10(13)14)2-3-8(7)18-11(15)16/h2-4,9-11H,1H3. The van der Waals surface area contributed by atoms with Crippen LogP contribution in [0, 0.1) is 0 Å². The summed E-state index contributed by atoms with van der Waals surface area (Å²) in [5, 5.41) is -1.31. The number of Topliss-reactive ketones (excluding diaryl/α,β-unsaturated/α-hetero) is 1. The number of carbonyl (C=O) groups is 1. The number of ketones is 1. The Morgan fingerprint density at radius 2 is 1.89 bits per heavy atom. The molecule has 0 heterocycles. The molecule has 1 aromatic rings. The van der Waals surface area contributed by atoms with Gasteiger partial charge in [-0.3, -0.25) is 4.79 Å². The third kappa shape index (κ3) is 3.60. The summed E-state index contributed by atoms with van der Waals surface area (Å²) in [6.45, 7) is -2.00. The Morgan fingerprint density at radius 3 is 2.33 bits per heavy atom. The van der Waals surface area contributed by atoms with Crippen LogP contribution < -0.4 is 4.74 Å². The number of hydrogen-bond donors (Lipinski definition) is 0. The van der Waals surface area contributed by atoms with Crippen LogP contribution in [0.25, 0.3) is 0 Å². The molecule has 0 aliphatic rings. The highest BCUT2D eigenvalue weighted by Gasteiger charge is 2.22. The summed E-state index contributed by atoms with van der Waals surface area (Å²) in [6.07, 6.45) is -2.79. The van der Waals surface area contributed by atoms with Gasteiger partial charge >= 0.3 is 6.61 Å². The lowest BCUT2D eigenvalue weighted by Gasteiger charge is -2.14. The van der Waals surface area contributed by atoms with Crippen molar-refractivity contribution in [3.8, 4) is 5.75 Å². The smallest absolute Gasteiger partial charge is 0.387 e. The average Bonchev–Trinajstić information content (AvgIpc) is 2.27. The first kappa shape index (κ1) is 14.8. The molecule has 18 heavy (non-hydrogen) atoms. The predicted molar refractivity (Wildman–Crippen MR) is 57.3 cm³/mol. The lowest BCUT2D eigenvalue weighted by molar-refractivity contribution is -0.116.